The van der Waals surface area contributed by atoms with Crippen LogP contribution in [0.15, 0.2) is 0 Å². The van der Waals surface area contributed by atoms with Crippen LogP contribution in [0.2, 0.25) is 0 Å². The first-order chi connectivity index (χ1) is 6.92. The number of carbonyl (C=O) groups is 1. The van der Waals surface area contributed by atoms with Gasteiger partial charge in [-0.25, -0.2) is 4.79 Å². The van der Waals surface area contributed by atoms with Crippen LogP contribution < -0.4 is 10.6 Å². The highest BCUT2D eigenvalue weighted by Crippen LogP contribution is 2.09. The third-order valence-corrected chi connectivity index (χ3v) is 2.15. The number of ether oxygens (including phenoxy) is 2. The van der Waals surface area contributed by atoms with Crippen LogP contribution in [0.4, 0.5) is 4.79 Å². The molecule has 88 valence electrons. The van der Waals surface area contributed by atoms with E-state index in [2.05, 4.69) is 10.6 Å². The molecule has 1 saturated heterocycles. The number of alkyl carbamates (subject to hydrolysis) is 1. The summed E-state index contributed by atoms with van der Waals surface area (Å²) in [6.45, 7) is 6.68. The van der Waals surface area contributed by atoms with Gasteiger partial charge in [-0.3, -0.25) is 0 Å². The molecule has 1 amide bonds. The second kappa shape index (κ2) is 4.81. The molecular weight excluding hydrogens is 196 g/mol. The number of rotatable bonds is 2. The highest BCUT2D eigenvalue weighted by atomic mass is 16.6. The van der Waals surface area contributed by atoms with Gasteiger partial charge in [0.25, 0.3) is 0 Å². The van der Waals surface area contributed by atoms with Crippen LogP contribution in [0.25, 0.3) is 0 Å². The highest BCUT2D eigenvalue weighted by Gasteiger charge is 2.29. The predicted octanol–water partition coefficient (Wildman–Crippen LogP) is 0.498. The standard InChI is InChI=1S/C10H20N2O3/c1-10(2,3)15-9(13)12-8-6-14-5-7(8)11-4/h7-8,11H,5-6H2,1-4H3,(H,12,13)/t7-,8+/m1/s1. The van der Waals surface area contributed by atoms with E-state index in [9.17, 15) is 4.79 Å². The Morgan fingerprint density at radius 2 is 1.93 bits per heavy atom. The third-order valence-electron chi connectivity index (χ3n) is 2.15. The molecule has 0 aromatic heterocycles. The average molecular weight is 216 g/mol. The Balaban J connectivity index is 2.37. The largest absolute Gasteiger partial charge is 0.444 e. The van der Waals surface area contributed by atoms with Crippen LogP contribution >= 0.6 is 0 Å². The van der Waals surface area contributed by atoms with E-state index >= 15 is 0 Å². The summed E-state index contributed by atoms with van der Waals surface area (Å²) in [5.74, 6) is 0. The Labute approximate surface area is 90.5 Å². The van der Waals surface area contributed by atoms with E-state index in [4.69, 9.17) is 9.47 Å². The van der Waals surface area contributed by atoms with Gasteiger partial charge in [0.2, 0.25) is 0 Å². The van der Waals surface area contributed by atoms with Gasteiger partial charge in [-0.2, -0.15) is 0 Å². The van der Waals surface area contributed by atoms with Gasteiger partial charge in [-0.05, 0) is 27.8 Å². The van der Waals surface area contributed by atoms with Gasteiger partial charge in [0.05, 0.1) is 25.3 Å². The summed E-state index contributed by atoms with van der Waals surface area (Å²) >= 11 is 0. The molecule has 0 aromatic rings. The zero-order chi connectivity index (χ0) is 11.5. The van der Waals surface area contributed by atoms with Crippen LogP contribution in [-0.2, 0) is 9.47 Å². The first-order valence-electron chi connectivity index (χ1n) is 5.17. The summed E-state index contributed by atoms with van der Waals surface area (Å²) in [6, 6.07) is 0.155. The van der Waals surface area contributed by atoms with Gasteiger partial charge in [0, 0.05) is 0 Å². The fourth-order valence-corrected chi connectivity index (χ4v) is 1.44. The lowest BCUT2D eigenvalue weighted by Crippen LogP contribution is -2.49. The monoisotopic (exact) mass is 216 g/mol. The van der Waals surface area contributed by atoms with E-state index in [0.29, 0.717) is 13.2 Å². The van der Waals surface area contributed by atoms with Crippen LogP contribution in [0.5, 0.6) is 0 Å². The minimum absolute atomic E-state index is 0.00940. The van der Waals surface area contributed by atoms with Gasteiger partial charge in [-0.1, -0.05) is 0 Å². The molecule has 1 aliphatic rings. The summed E-state index contributed by atoms with van der Waals surface area (Å²) in [4.78, 5) is 11.5. The van der Waals surface area contributed by atoms with Crippen molar-refractivity contribution in [1.29, 1.82) is 0 Å². The second-order valence-electron chi connectivity index (χ2n) is 4.69. The zero-order valence-electron chi connectivity index (χ0n) is 9.79. The van der Waals surface area contributed by atoms with Crippen LogP contribution in [0.3, 0.4) is 0 Å². The molecule has 0 bridgehead atoms. The molecule has 0 aliphatic carbocycles. The van der Waals surface area contributed by atoms with Crippen molar-refractivity contribution in [3.05, 3.63) is 0 Å². The number of likely N-dealkylation sites (N-methyl/N-ethyl adjacent to an activating group) is 1. The first-order valence-corrected chi connectivity index (χ1v) is 5.17. The fraction of sp³-hybridized carbons (Fsp3) is 0.900. The van der Waals surface area contributed by atoms with E-state index in [1.165, 1.54) is 0 Å². The molecule has 1 aliphatic heterocycles. The van der Waals surface area contributed by atoms with Crippen molar-refractivity contribution < 1.29 is 14.3 Å². The lowest BCUT2D eigenvalue weighted by molar-refractivity contribution is 0.0495. The smallest absolute Gasteiger partial charge is 0.408 e. The van der Waals surface area contributed by atoms with Crippen molar-refractivity contribution in [2.24, 2.45) is 0 Å². The van der Waals surface area contributed by atoms with Crippen molar-refractivity contribution in [3.8, 4) is 0 Å². The maximum absolute atomic E-state index is 11.5. The summed E-state index contributed by atoms with van der Waals surface area (Å²) in [6.07, 6.45) is -0.391. The predicted molar refractivity (Wildman–Crippen MR) is 56.8 cm³/mol. The molecule has 2 N–H and O–H groups in total. The molecule has 0 unspecified atom stereocenters. The number of amides is 1. The summed E-state index contributed by atoms with van der Waals surface area (Å²) in [5, 5.41) is 5.87. The van der Waals surface area contributed by atoms with Gasteiger partial charge >= 0.3 is 6.09 Å². The molecule has 2 atom stereocenters. The SMILES string of the molecule is CN[C@@H]1COC[C@@H]1NC(=O)OC(C)(C)C. The van der Waals surface area contributed by atoms with Crippen molar-refractivity contribution in [2.75, 3.05) is 20.3 Å². The van der Waals surface area contributed by atoms with E-state index in [0.717, 1.165) is 0 Å². The van der Waals surface area contributed by atoms with Gasteiger partial charge in [0.1, 0.15) is 5.60 Å². The topological polar surface area (TPSA) is 59.6 Å². The Morgan fingerprint density at radius 3 is 2.47 bits per heavy atom. The zero-order valence-corrected chi connectivity index (χ0v) is 9.79. The Kier molecular flexibility index (Phi) is 3.93. The minimum atomic E-state index is -0.460. The van der Waals surface area contributed by atoms with E-state index in [1.54, 1.807) is 0 Å². The molecule has 5 nitrogen and oxygen atoms in total. The Morgan fingerprint density at radius 1 is 1.33 bits per heavy atom. The normalized spacial score (nSPS) is 26.4. The number of carbonyl (C=O) groups excluding carboxylic acids is 1. The molecule has 1 heterocycles. The Bertz CT molecular complexity index is 225. The molecular formula is C10H20N2O3. The summed E-state index contributed by atoms with van der Waals surface area (Å²) in [7, 11) is 1.85. The number of nitrogens with one attached hydrogen (secondary N) is 2. The van der Waals surface area contributed by atoms with Gasteiger partial charge in [-0.15, -0.1) is 0 Å². The van der Waals surface area contributed by atoms with E-state index in [1.807, 2.05) is 27.8 Å². The third kappa shape index (κ3) is 4.05. The second-order valence-corrected chi connectivity index (χ2v) is 4.69. The maximum atomic E-state index is 11.5. The fourth-order valence-electron chi connectivity index (χ4n) is 1.44. The molecule has 15 heavy (non-hydrogen) atoms. The van der Waals surface area contributed by atoms with Crippen molar-refractivity contribution in [2.45, 2.75) is 38.5 Å². The van der Waals surface area contributed by atoms with Crippen molar-refractivity contribution >= 4 is 6.09 Å². The van der Waals surface area contributed by atoms with E-state index in [-0.39, 0.29) is 12.1 Å². The summed E-state index contributed by atoms with van der Waals surface area (Å²) < 4.78 is 10.4. The van der Waals surface area contributed by atoms with Crippen LogP contribution in [0, 0.1) is 0 Å². The summed E-state index contributed by atoms with van der Waals surface area (Å²) in [5.41, 5.74) is -0.460. The quantitative estimate of drug-likeness (QED) is 0.705. The highest BCUT2D eigenvalue weighted by molar-refractivity contribution is 5.68. The number of hydrogen-bond donors (Lipinski definition) is 2. The van der Waals surface area contributed by atoms with Gasteiger partial charge < -0.3 is 20.1 Å². The molecule has 0 radical (unpaired) electrons. The molecule has 1 fully saturated rings. The van der Waals surface area contributed by atoms with Gasteiger partial charge in [0.15, 0.2) is 0 Å². The Hall–Kier alpha value is -0.810. The maximum Gasteiger partial charge on any atom is 0.408 e. The van der Waals surface area contributed by atoms with Crippen LogP contribution in [0.1, 0.15) is 20.8 Å². The molecule has 0 saturated carbocycles. The lowest BCUT2D eigenvalue weighted by atomic mass is 10.2. The minimum Gasteiger partial charge on any atom is -0.444 e. The molecule has 0 spiro atoms. The first kappa shape index (κ1) is 12.3. The molecule has 1 rings (SSSR count). The van der Waals surface area contributed by atoms with Crippen LogP contribution in [-0.4, -0.2) is 44.0 Å². The molecule has 5 heteroatoms. The number of hydrogen-bond acceptors (Lipinski definition) is 4. The lowest BCUT2D eigenvalue weighted by Gasteiger charge is -2.23. The average Bonchev–Trinajstić information content (AvgIpc) is 2.48. The van der Waals surface area contributed by atoms with Crippen molar-refractivity contribution in [1.82, 2.24) is 10.6 Å². The van der Waals surface area contributed by atoms with E-state index < -0.39 is 11.7 Å². The molecule has 0 aromatic carbocycles. The van der Waals surface area contributed by atoms with Crippen molar-refractivity contribution in [3.63, 3.8) is 0 Å².